The zero-order valence-corrected chi connectivity index (χ0v) is 12.7. The summed E-state index contributed by atoms with van der Waals surface area (Å²) in [5.74, 6) is -1.84. The van der Waals surface area contributed by atoms with Gasteiger partial charge >= 0.3 is 0 Å². The van der Waals surface area contributed by atoms with Crippen molar-refractivity contribution in [1.29, 1.82) is 0 Å². The fraction of sp³-hybridized carbons (Fsp3) is 0.0588. The van der Waals surface area contributed by atoms with Crippen LogP contribution in [-0.4, -0.2) is 10.9 Å². The smallest absolute Gasteiger partial charge is 0.271 e. The Morgan fingerprint density at radius 2 is 1.74 bits per heavy atom. The molecule has 6 heteroatoms. The maximum absolute atomic E-state index is 13.5. The second-order valence-electron chi connectivity index (χ2n) is 4.79. The fourth-order valence-electron chi connectivity index (χ4n) is 2.05. The van der Waals surface area contributed by atoms with E-state index in [1.54, 1.807) is 5.38 Å². The molecule has 0 aliphatic rings. The number of carbonyl (C=O) groups is 1. The molecule has 3 nitrogen and oxygen atoms in total. The van der Waals surface area contributed by atoms with Crippen molar-refractivity contribution >= 4 is 17.2 Å². The summed E-state index contributed by atoms with van der Waals surface area (Å²) in [4.78, 5) is 16.3. The molecule has 23 heavy (non-hydrogen) atoms. The summed E-state index contributed by atoms with van der Waals surface area (Å²) in [6.45, 7) is -0.227. The number of halogens is 2. The number of nitrogens with one attached hydrogen (secondary N) is 1. The van der Waals surface area contributed by atoms with Crippen molar-refractivity contribution in [3.05, 3.63) is 76.8 Å². The molecule has 0 saturated carbocycles. The average Bonchev–Trinajstić information content (AvgIpc) is 3.05. The van der Waals surface area contributed by atoms with Crippen molar-refractivity contribution in [3.63, 3.8) is 0 Å². The first-order chi connectivity index (χ1) is 11.1. The first-order valence-electron chi connectivity index (χ1n) is 6.87. The zero-order chi connectivity index (χ0) is 16.2. The number of nitrogens with zero attached hydrogens (tertiary/aromatic N) is 1. The third kappa shape index (κ3) is 3.43. The molecule has 0 aliphatic carbocycles. The molecule has 3 rings (SSSR count). The lowest BCUT2D eigenvalue weighted by atomic mass is 10.2. The Kier molecular flexibility index (Phi) is 4.43. The van der Waals surface area contributed by atoms with Crippen molar-refractivity contribution in [3.8, 4) is 10.6 Å². The second kappa shape index (κ2) is 6.66. The number of thiazole rings is 1. The highest BCUT2D eigenvalue weighted by Crippen LogP contribution is 2.23. The topological polar surface area (TPSA) is 42.0 Å². The van der Waals surface area contributed by atoms with Crippen LogP contribution < -0.4 is 5.32 Å². The van der Waals surface area contributed by atoms with Crippen LogP contribution in [0.1, 0.15) is 16.1 Å². The van der Waals surface area contributed by atoms with E-state index in [1.807, 2.05) is 30.3 Å². The van der Waals surface area contributed by atoms with Crippen molar-refractivity contribution in [2.45, 2.75) is 6.54 Å². The highest BCUT2D eigenvalue weighted by molar-refractivity contribution is 7.13. The van der Waals surface area contributed by atoms with E-state index in [9.17, 15) is 13.6 Å². The molecule has 3 aromatic rings. The van der Waals surface area contributed by atoms with Gasteiger partial charge in [-0.25, -0.2) is 13.8 Å². The largest absolute Gasteiger partial charge is 0.346 e. The number of rotatable bonds is 4. The monoisotopic (exact) mass is 330 g/mol. The summed E-state index contributed by atoms with van der Waals surface area (Å²) in [6, 6.07) is 13.1. The normalized spacial score (nSPS) is 10.5. The Bertz CT molecular complexity index is 813. The van der Waals surface area contributed by atoms with E-state index in [1.165, 1.54) is 17.4 Å². The van der Waals surface area contributed by atoms with Crippen LogP contribution in [0.3, 0.4) is 0 Å². The van der Waals surface area contributed by atoms with Crippen LogP contribution in [0.4, 0.5) is 8.78 Å². The summed E-state index contributed by atoms with van der Waals surface area (Å²) in [6.07, 6.45) is 0. The molecular weight excluding hydrogens is 318 g/mol. The van der Waals surface area contributed by atoms with E-state index in [0.29, 0.717) is 5.01 Å². The van der Waals surface area contributed by atoms with Crippen LogP contribution in [0, 0.1) is 11.6 Å². The van der Waals surface area contributed by atoms with E-state index >= 15 is 0 Å². The first kappa shape index (κ1) is 15.3. The van der Waals surface area contributed by atoms with Crippen molar-refractivity contribution < 1.29 is 13.6 Å². The Hall–Kier alpha value is -2.60. The van der Waals surface area contributed by atoms with Gasteiger partial charge in [0.1, 0.15) is 22.3 Å². The third-order valence-corrected chi connectivity index (χ3v) is 4.14. The van der Waals surface area contributed by atoms with Gasteiger partial charge < -0.3 is 5.32 Å². The van der Waals surface area contributed by atoms with E-state index < -0.39 is 17.5 Å². The molecule has 0 bridgehead atoms. The van der Waals surface area contributed by atoms with Gasteiger partial charge in [0.05, 0.1) is 0 Å². The summed E-state index contributed by atoms with van der Waals surface area (Å²) in [7, 11) is 0. The van der Waals surface area contributed by atoms with E-state index in [-0.39, 0.29) is 17.8 Å². The maximum atomic E-state index is 13.5. The van der Waals surface area contributed by atoms with Crippen LogP contribution in [0.2, 0.25) is 0 Å². The van der Waals surface area contributed by atoms with E-state index in [2.05, 4.69) is 10.3 Å². The third-order valence-electron chi connectivity index (χ3n) is 3.24. The van der Waals surface area contributed by atoms with Crippen LogP contribution >= 0.6 is 11.3 Å². The summed E-state index contributed by atoms with van der Waals surface area (Å²) < 4.78 is 27.0. The predicted octanol–water partition coefficient (Wildman–Crippen LogP) is 4.02. The number of hydrogen-bond donors (Lipinski definition) is 1. The van der Waals surface area contributed by atoms with E-state index in [4.69, 9.17) is 0 Å². The van der Waals surface area contributed by atoms with Gasteiger partial charge in [-0.05, 0) is 12.1 Å². The summed E-state index contributed by atoms with van der Waals surface area (Å²) >= 11 is 1.34. The van der Waals surface area contributed by atoms with Gasteiger partial charge in [-0.1, -0.05) is 36.4 Å². The van der Waals surface area contributed by atoms with Crippen LogP contribution in [0.25, 0.3) is 10.6 Å². The molecule has 0 radical (unpaired) electrons. The Balaban J connectivity index is 1.71. The highest BCUT2D eigenvalue weighted by Gasteiger charge is 2.14. The van der Waals surface area contributed by atoms with E-state index in [0.717, 1.165) is 17.7 Å². The molecule has 0 saturated heterocycles. The van der Waals surface area contributed by atoms with Gasteiger partial charge in [-0.3, -0.25) is 4.79 Å². The van der Waals surface area contributed by atoms with Crippen LogP contribution in [0.5, 0.6) is 0 Å². The zero-order valence-electron chi connectivity index (χ0n) is 11.9. The Morgan fingerprint density at radius 3 is 2.43 bits per heavy atom. The molecular formula is C17H12F2N2OS. The Morgan fingerprint density at radius 1 is 1.04 bits per heavy atom. The van der Waals surface area contributed by atoms with Gasteiger partial charge in [0.2, 0.25) is 0 Å². The molecule has 1 heterocycles. The lowest BCUT2D eigenvalue weighted by Gasteiger charge is -2.06. The van der Waals surface area contributed by atoms with Gasteiger partial charge in [0, 0.05) is 23.1 Å². The minimum Gasteiger partial charge on any atom is -0.346 e. The molecule has 2 aromatic carbocycles. The maximum Gasteiger partial charge on any atom is 0.271 e. The second-order valence-corrected chi connectivity index (χ2v) is 5.64. The summed E-state index contributed by atoms with van der Waals surface area (Å²) in [5.41, 5.74) is 0.974. The molecule has 0 spiro atoms. The van der Waals surface area contributed by atoms with Gasteiger partial charge in [0.15, 0.2) is 0 Å². The summed E-state index contributed by atoms with van der Waals surface area (Å²) in [5, 5.41) is 4.82. The molecule has 1 amide bonds. The predicted molar refractivity (Wildman–Crippen MR) is 85.1 cm³/mol. The molecule has 116 valence electrons. The quantitative estimate of drug-likeness (QED) is 0.785. The number of carbonyl (C=O) groups excluding carboxylic acids is 1. The average molecular weight is 330 g/mol. The Labute approximate surface area is 135 Å². The van der Waals surface area contributed by atoms with Crippen LogP contribution in [-0.2, 0) is 6.54 Å². The first-order valence-corrected chi connectivity index (χ1v) is 7.75. The number of benzene rings is 2. The van der Waals surface area contributed by atoms with Gasteiger partial charge in [0.25, 0.3) is 5.91 Å². The van der Waals surface area contributed by atoms with Crippen molar-refractivity contribution in [1.82, 2.24) is 10.3 Å². The van der Waals surface area contributed by atoms with Crippen LogP contribution in [0.15, 0.2) is 53.9 Å². The number of amides is 1. The molecule has 0 fully saturated rings. The number of aromatic nitrogens is 1. The molecule has 0 unspecified atom stereocenters. The highest BCUT2D eigenvalue weighted by atomic mass is 32.1. The molecule has 1 N–H and O–H groups in total. The minimum atomic E-state index is -0.687. The van der Waals surface area contributed by atoms with Crippen molar-refractivity contribution in [2.75, 3.05) is 0 Å². The number of hydrogen-bond acceptors (Lipinski definition) is 3. The fourth-order valence-corrected chi connectivity index (χ4v) is 2.86. The SMILES string of the molecule is O=C(NCc1c(F)cccc1F)c1csc(-c2ccccc2)n1. The molecule has 0 aliphatic heterocycles. The van der Waals surface area contributed by atoms with Gasteiger partial charge in [-0.2, -0.15) is 0 Å². The standard InChI is InChI=1S/C17H12F2N2OS/c18-13-7-4-8-14(19)12(13)9-20-16(22)15-10-23-17(21-15)11-5-2-1-3-6-11/h1-8,10H,9H2,(H,20,22). The lowest BCUT2D eigenvalue weighted by molar-refractivity contribution is 0.0946. The molecule has 0 atom stereocenters. The van der Waals surface area contributed by atoms with Crippen molar-refractivity contribution in [2.24, 2.45) is 0 Å². The molecule has 1 aromatic heterocycles. The minimum absolute atomic E-state index is 0.167. The van der Waals surface area contributed by atoms with Gasteiger partial charge in [-0.15, -0.1) is 11.3 Å². The lowest BCUT2D eigenvalue weighted by Crippen LogP contribution is -2.24.